The predicted octanol–water partition coefficient (Wildman–Crippen LogP) is 2.53. The zero-order valence-corrected chi connectivity index (χ0v) is 12.8. The fourth-order valence-corrected chi connectivity index (χ4v) is 1.96. The van der Waals surface area contributed by atoms with Crippen LogP contribution in [0.5, 0.6) is 0 Å². The van der Waals surface area contributed by atoms with E-state index in [1.165, 1.54) is 0 Å². The number of hydrazone groups is 1. The molecule has 114 valence electrons. The lowest BCUT2D eigenvalue weighted by Gasteiger charge is -2.08. The summed E-state index contributed by atoms with van der Waals surface area (Å²) in [6.45, 7) is 3.98. The van der Waals surface area contributed by atoms with Crippen LogP contribution >= 0.6 is 0 Å². The number of rotatable bonds is 5. The maximum absolute atomic E-state index is 11.8. The minimum Gasteiger partial charge on any atom is -0.399 e. The zero-order valence-electron chi connectivity index (χ0n) is 12.8. The Labute approximate surface area is 130 Å². The van der Waals surface area contributed by atoms with Crippen LogP contribution in [0, 0.1) is 6.92 Å². The molecule has 0 spiro atoms. The number of nitrogens with zero attached hydrogens (tertiary/aromatic N) is 1. The predicted molar refractivity (Wildman–Crippen MR) is 90.9 cm³/mol. The first-order valence-corrected chi connectivity index (χ1v) is 7.05. The molecule has 0 aliphatic heterocycles. The van der Waals surface area contributed by atoms with Gasteiger partial charge in [0.1, 0.15) is 0 Å². The summed E-state index contributed by atoms with van der Waals surface area (Å²) in [7, 11) is 0. The van der Waals surface area contributed by atoms with Gasteiger partial charge in [-0.1, -0.05) is 30.3 Å². The van der Waals surface area contributed by atoms with Crippen LogP contribution in [0.15, 0.2) is 53.6 Å². The first-order valence-electron chi connectivity index (χ1n) is 7.05. The minimum atomic E-state index is -0.202. The van der Waals surface area contributed by atoms with Crippen LogP contribution in [-0.2, 0) is 4.79 Å². The van der Waals surface area contributed by atoms with E-state index in [-0.39, 0.29) is 12.5 Å². The maximum atomic E-state index is 11.8. The van der Waals surface area contributed by atoms with Crippen molar-refractivity contribution >= 4 is 23.0 Å². The van der Waals surface area contributed by atoms with Crippen molar-refractivity contribution in [2.45, 2.75) is 13.8 Å². The topological polar surface area (TPSA) is 79.5 Å². The largest absolute Gasteiger partial charge is 0.399 e. The van der Waals surface area contributed by atoms with E-state index in [1.807, 2.05) is 62.4 Å². The second-order valence-electron chi connectivity index (χ2n) is 5.03. The summed E-state index contributed by atoms with van der Waals surface area (Å²) >= 11 is 0. The van der Waals surface area contributed by atoms with Crippen molar-refractivity contribution in [3.63, 3.8) is 0 Å². The molecule has 1 amide bonds. The molecule has 0 aliphatic rings. The molecule has 22 heavy (non-hydrogen) atoms. The third-order valence-electron chi connectivity index (χ3n) is 3.24. The molecule has 2 aromatic rings. The lowest BCUT2D eigenvalue weighted by molar-refractivity contribution is -0.119. The average molecular weight is 296 g/mol. The fraction of sp³-hybridized carbons (Fsp3) is 0.176. The van der Waals surface area contributed by atoms with E-state index in [1.54, 1.807) is 0 Å². The second-order valence-corrected chi connectivity index (χ2v) is 5.03. The van der Waals surface area contributed by atoms with Gasteiger partial charge in [-0.25, -0.2) is 5.43 Å². The molecule has 2 aromatic carbocycles. The standard InChI is InChI=1S/C17H20N4O/c1-12-6-3-4-9-16(12)19-11-17(22)21-20-13(2)14-7-5-8-15(18)10-14/h3-10,19H,11,18H2,1-2H3,(H,21,22)/b20-13+. The highest BCUT2D eigenvalue weighted by Gasteiger charge is 2.03. The first kappa shape index (κ1) is 15.6. The number of para-hydroxylation sites is 1. The Kier molecular flexibility index (Phi) is 5.14. The maximum Gasteiger partial charge on any atom is 0.259 e. The van der Waals surface area contributed by atoms with Gasteiger partial charge >= 0.3 is 0 Å². The van der Waals surface area contributed by atoms with Crippen molar-refractivity contribution in [1.29, 1.82) is 0 Å². The lowest BCUT2D eigenvalue weighted by atomic mass is 10.1. The van der Waals surface area contributed by atoms with Crippen molar-refractivity contribution in [3.05, 3.63) is 59.7 Å². The third kappa shape index (κ3) is 4.34. The number of carbonyl (C=O) groups excluding carboxylic acids is 1. The molecule has 5 nitrogen and oxygen atoms in total. The van der Waals surface area contributed by atoms with Gasteiger partial charge in [0.05, 0.1) is 12.3 Å². The Hall–Kier alpha value is -2.82. The molecule has 4 N–H and O–H groups in total. The zero-order chi connectivity index (χ0) is 15.9. The Morgan fingerprint density at radius 1 is 1.18 bits per heavy atom. The van der Waals surface area contributed by atoms with Crippen molar-refractivity contribution in [1.82, 2.24) is 5.43 Å². The molecule has 0 aliphatic carbocycles. The van der Waals surface area contributed by atoms with E-state index in [0.29, 0.717) is 11.4 Å². The number of anilines is 2. The summed E-state index contributed by atoms with van der Waals surface area (Å²) in [6.07, 6.45) is 0. The summed E-state index contributed by atoms with van der Waals surface area (Å²) in [4.78, 5) is 11.8. The molecule has 0 saturated heterocycles. The number of nitrogen functional groups attached to an aromatic ring is 1. The Morgan fingerprint density at radius 2 is 1.95 bits per heavy atom. The number of benzene rings is 2. The molecule has 0 atom stereocenters. The van der Waals surface area contributed by atoms with E-state index in [4.69, 9.17) is 5.73 Å². The molecule has 0 fully saturated rings. The van der Waals surface area contributed by atoms with E-state index in [2.05, 4.69) is 15.8 Å². The number of hydrogen-bond donors (Lipinski definition) is 3. The van der Waals surface area contributed by atoms with Gasteiger partial charge in [-0.05, 0) is 43.2 Å². The second kappa shape index (κ2) is 7.26. The fourth-order valence-electron chi connectivity index (χ4n) is 1.96. The van der Waals surface area contributed by atoms with Gasteiger partial charge in [0, 0.05) is 11.4 Å². The van der Waals surface area contributed by atoms with Crippen LogP contribution in [0.4, 0.5) is 11.4 Å². The average Bonchev–Trinajstić information content (AvgIpc) is 2.52. The highest BCUT2D eigenvalue weighted by Crippen LogP contribution is 2.12. The van der Waals surface area contributed by atoms with Gasteiger partial charge in [-0.2, -0.15) is 5.10 Å². The number of aryl methyl sites for hydroxylation is 1. The molecule has 0 bridgehead atoms. The number of nitrogens with one attached hydrogen (secondary N) is 2. The molecular weight excluding hydrogens is 276 g/mol. The molecule has 0 aromatic heterocycles. The Morgan fingerprint density at radius 3 is 2.68 bits per heavy atom. The van der Waals surface area contributed by atoms with Crippen LogP contribution in [0.2, 0.25) is 0 Å². The molecule has 2 rings (SSSR count). The number of nitrogens with two attached hydrogens (primary N) is 1. The third-order valence-corrected chi connectivity index (χ3v) is 3.24. The van der Waals surface area contributed by atoms with Gasteiger partial charge in [0.2, 0.25) is 0 Å². The van der Waals surface area contributed by atoms with Crippen molar-refractivity contribution < 1.29 is 4.79 Å². The van der Waals surface area contributed by atoms with Gasteiger partial charge in [0.25, 0.3) is 5.91 Å². The SMILES string of the molecule is C/C(=N\NC(=O)CNc1ccccc1C)c1cccc(N)c1. The first-order chi connectivity index (χ1) is 10.6. The minimum absolute atomic E-state index is 0.165. The normalized spacial score (nSPS) is 11.1. The molecule has 0 radical (unpaired) electrons. The quantitative estimate of drug-likeness (QED) is 0.450. The Bertz CT molecular complexity index is 695. The van der Waals surface area contributed by atoms with E-state index >= 15 is 0 Å². The van der Waals surface area contributed by atoms with Crippen LogP contribution in [-0.4, -0.2) is 18.2 Å². The monoisotopic (exact) mass is 296 g/mol. The lowest BCUT2D eigenvalue weighted by Crippen LogP contribution is -2.27. The Balaban J connectivity index is 1.90. The summed E-state index contributed by atoms with van der Waals surface area (Å²) in [6, 6.07) is 15.2. The van der Waals surface area contributed by atoms with Crippen molar-refractivity contribution in [2.75, 3.05) is 17.6 Å². The summed E-state index contributed by atoms with van der Waals surface area (Å²) < 4.78 is 0. The van der Waals surface area contributed by atoms with Crippen LogP contribution < -0.4 is 16.5 Å². The van der Waals surface area contributed by atoms with Gasteiger partial charge in [-0.3, -0.25) is 4.79 Å². The van der Waals surface area contributed by atoms with Crippen LogP contribution in [0.3, 0.4) is 0 Å². The smallest absolute Gasteiger partial charge is 0.259 e. The molecule has 0 heterocycles. The van der Waals surface area contributed by atoms with Crippen LogP contribution in [0.25, 0.3) is 0 Å². The summed E-state index contributed by atoms with van der Waals surface area (Å²) in [5.74, 6) is -0.202. The van der Waals surface area contributed by atoms with Crippen molar-refractivity contribution in [3.8, 4) is 0 Å². The van der Waals surface area contributed by atoms with E-state index in [9.17, 15) is 4.79 Å². The number of carbonyl (C=O) groups is 1. The molecular formula is C17H20N4O. The molecule has 5 heteroatoms. The number of amides is 1. The summed E-state index contributed by atoms with van der Waals surface area (Å²) in [5, 5.41) is 7.18. The van der Waals surface area contributed by atoms with Crippen molar-refractivity contribution in [2.24, 2.45) is 5.10 Å². The molecule has 0 saturated carbocycles. The van der Waals surface area contributed by atoms with Gasteiger partial charge in [0.15, 0.2) is 0 Å². The highest BCUT2D eigenvalue weighted by atomic mass is 16.2. The van der Waals surface area contributed by atoms with Gasteiger partial charge < -0.3 is 11.1 Å². The number of hydrogen-bond acceptors (Lipinski definition) is 4. The summed E-state index contributed by atoms with van der Waals surface area (Å²) in [5.41, 5.74) is 12.5. The molecule has 0 unspecified atom stereocenters. The van der Waals surface area contributed by atoms with Gasteiger partial charge in [-0.15, -0.1) is 0 Å². The van der Waals surface area contributed by atoms with E-state index in [0.717, 1.165) is 16.8 Å². The van der Waals surface area contributed by atoms with Crippen LogP contribution in [0.1, 0.15) is 18.1 Å². The highest BCUT2D eigenvalue weighted by molar-refractivity contribution is 6.00. The van der Waals surface area contributed by atoms with E-state index < -0.39 is 0 Å².